The fraction of sp³-hybridized carbons (Fsp3) is 0.133. The first-order chi connectivity index (χ1) is 10.2. The average Bonchev–Trinajstić information content (AvgIpc) is 2.96. The van der Waals surface area contributed by atoms with Crippen LogP contribution in [0.5, 0.6) is 0 Å². The molecule has 1 atom stereocenters. The molecule has 3 rings (SSSR count). The second-order valence-corrected chi connectivity index (χ2v) is 4.51. The number of fused-ring (bicyclic) bond motifs is 1. The maximum Gasteiger partial charge on any atom is 0.254 e. The Bertz CT molecular complexity index is 845. The van der Waals surface area contributed by atoms with Gasteiger partial charge in [0.2, 0.25) is 0 Å². The maximum absolute atomic E-state index is 10.1. The van der Waals surface area contributed by atoms with E-state index in [1.54, 1.807) is 6.92 Å². The maximum atomic E-state index is 10.1. The Hall–Kier alpha value is -2.91. The lowest BCUT2D eigenvalue weighted by molar-refractivity contribution is 0.238. The van der Waals surface area contributed by atoms with Crippen molar-refractivity contribution in [1.29, 1.82) is 0 Å². The summed E-state index contributed by atoms with van der Waals surface area (Å²) in [5, 5.41) is 14.1. The van der Waals surface area contributed by atoms with E-state index in [4.69, 9.17) is 5.73 Å². The lowest BCUT2D eigenvalue weighted by Gasteiger charge is -2.05. The first-order valence-electron chi connectivity index (χ1n) is 6.37. The molecular formula is C15H13N5O. The van der Waals surface area contributed by atoms with Gasteiger partial charge in [0, 0.05) is 0 Å². The molecule has 2 aromatic heterocycles. The van der Waals surface area contributed by atoms with Crippen molar-refractivity contribution >= 4 is 11.6 Å². The van der Waals surface area contributed by atoms with Crippen LogP contribution in [0.4, 0.5) is 5.82 Å². The van der Waals surface area contributed by atoms with Crippen LogP contribution in [0.1, 0.15) is 22.9 Å². The number of hydrogen-bond acceptors (Lipinski definition) is 5. The van der Waals surface area contributed by atoms with Crippen LogP contribution in [-0.4, -0.2) is 24.7 Å². The Labute approximate surface area is 121 Å². The first kappa shape index (κ1) is 13.1. The third-order valence-corrected chi connectivity index (χ3v) is 3.09. The van der Waals surface area contributed by atoms with Crippen molar-refractivity contribution in [2.75, 3.05) is 5.73 Å². The van der Waals surface area contributed by atoms with Crippen LogP contribution in [0, 0.1) is 18.8 Å². The van der Waals surface area contributed by atoms with Crippen LogP contribution in [0.3, 0.4) is 0 Å². The Balaban J connectivity index is 2.01. The molecule has 0 unspecified atom stereocenters. The number of nitrogen functional groups attached to an aromatic ring is 1. The Kier molecular flexibility index (Phi) is 3.26. The highest BCUT2D eigenvalue weighted by Gasteiger charge is 2.10. The minimum Gasteiger partial charge on any atom is -0.382 e. The highest BCUT2D eigenvalue weighted by Crippen LogP contribution is 2.16. The normalized spacial score (nSPS) is 11.9. The van der Waals surface area contributed by atoms with Crippen molar-refractivity contribution in [3.8, 4) is 11.8 Å². The number of nitrogens with two attached hydrogens (primary N) is 1. The van der Waals surface area contributed by atoms with E-state index in [1.165, 1.54) is 10.8 Å². The molecule has 0 spiro atoms. The zero-order valence-corrected chi connectivity index (χ0v) is 11.4. The molecule has 6 heteroatoms. The van der Waals surface area contributed by atoms with E-state index in [1.807, 2.05) is 30.3 Å². The summed E-state index contributed by atoms with van der Waals surface area (Å²) < 4.78 is 1.42. The van der Waals surface area contributed by atoms with Crippen molar-refractivity contribution in [3.63, 3.8) is 0 Å². The van der Waals surface area contributed by atoms with Gasteiger partial charge in [0.15, 0.2) is 0 Å². The van der Waals surface area contributed by atoms with Gasteiger partial charge in [-0.05, 0) is 12.5 Å². The predicted octanol–water partition coefficient (Wildman–Crippen LogP) is 1.10. The highest BCUT2D eigenvalue weighted by molar-refractivity contribution is 5.57. The average molecular weight is 279 g/mol. The molecule has 0 bridgehead atoms. The topological polar surface area (TPSA) is 89.3 Å². The number of hydrogen-bond donors (Lipinski definition) is 2. The number of nitrogens with zero attached hydrogens (tertiary/aromatic N) is 4. The third-order valence-electron chi connectivity index (χ3n) is 3.09. The zero-order chi connectivity index (χ0) is 14.8. The third kappa shape index (κ3) is 2.42. The standard InChI is InChI=1S/C15H13N5O/c1-10-12(14(16)20-15(19-10)17-9-18-20)7-8-13(21)11-5-3-2-4-6-11/h2-6,9,13,21H,16H2,1H3/t13-/m0/s1. The quantitative estimate of drug-likeness (QED) is 0.651. The molecular weight excluding hydrogens is 266 g/mol. The SMILES string of the molecule is Cc1nc2ncnn2c(N)c1C#C[C@H](O)c1ccccc1. The number of rotatable bonds is 1. The number of aromatic nitrogens is 4. The Morgan fingerprint density at radius 2 is 2.05 bits per heavy atom. The van der Waals surface area contributed by atoms with Crippen molar-refractivity contribution in [1.82, 2.24) is 19.6 Å². The van der Waals surface area contributed by atoms with Crippen LogP contribution < -0.4 is 5.73 Å². The van der Waals surface area contributed by atoms with Crippen LogP contribution in [-0.2, 0) is 0 Å². The lowest BCUT2D eigenvalue weighted by Crippen LogP contribution is -2.06. The Morgan fingerprint density at radius 3 is 2.81 bits per heavy atom. The van der Waals surface area contributed by atoms with E-state index in [0.717, 1.165) is 5.56 Å². The summed E-state index contributed by atoms with van der Waals surface area (Å²) in [6, 6.07) is 9.21. The molecule has 1 aromatic carbocycles. The van der Waals surface area contributed by atoms with Gasteiger partial charge < -0.3 is 10.8 Å². The van der Waals surface area contributed by atoms with Gasteiger partial charge >= 0.3 is 0 Å². The molecule has 21 heavy (non-hydrogen) atoms. The second kappa shape index (κ2) is 5.23. The molecule has 0 aliphatic rings. The fourth-order valence-corrected chi connectivity index (χ4v) is 1.99. The molecule has 3 N–H and O–H groups in total. The summed E-state index contributed by atoms with van der Waals surface area (Å²) >= 11 is 0. The van der Waals surface area contributed by atoms with E-state index >= 15 is 0 Å². The minimum atomic E-state index is -0.878. The monoisotopic (exact) mass is 279 g/mol. The molecule has 0 radical (unpaired) electrons. The van der Waals surface area contributed by atoms with Gasteiger partial charge in [0.05, 0.1) is 11.3 Å². The highest BCUT2D eigenvalue weighted by atomic mass is 16.3. The summed E-state index contributed by atoms with van der Waals surface area (Å²) in [5.74, 6) is 6.46. The van der Waals surface area contributed by atoms with Gasteiger partial charge in [-0.3, -0.25) is 0 Å². The molecule has 2 heterocycles. The molecule has 0 saturated heterocycles. The molecule has 0 saturated carbocycles. The molecule has 0 fully saturated rings. The largest absolute Gasteiger partial charge is 0.382 e. The van der Waals surface area contributed by atoms with E-state index in [-0.39, 0.29) is 0 Å². The van der Waals surface area contributed by atoms with Crippen LogP contribution in [0.15, 0.2) is 36.7 Å². The van der Waals surface area contributed by atoms with E-state index in [2.05, 4.69) is 26.9 Å². The number of aryl methyl sites for hydroxylation is 1. The van der Waals surface area contributed by atoms with E-state index in [9.17, 15) is 5.11 Å². The van der Waals surface area contributed by atoms with Crippen molar-refractivity contribution in [2.24, 2.45) is 0 Å². The van der Waals surface area contributed by atoms with Crippen molar-refractivity contribution in [2.45, 2.75) is 13.0 Å². The van der Waals surface area contributed by atoms with Crippen LogP contribution in [0.2, 0.25) is 0 Å². The van der Waals surface area contributed by atoms with Crippen LogP contribution in [0.25, 0.3) is 5.78 Å². The fourth-order valence-electron chi connectivity index (χ4n) is 1.99. The van der Waals surface area contributed by atoms with E-state index in [0.29, 0.717) is 22.9 Å². The van der Waals surface area contributed by atoms with Gasteiger partial charge in [-0.15, -0.1) is 0 Å². The number of aliphatic hydroxyl groups is 1. The number of aliphatic hydroxyl groups excluding tert-OH is 1. The molecule has 0 aliphatic heterocycles. The van der Waals surface area contributed by atoms with Crippen LogP contribution >= 0.6 is 0 Å². The minimum absolute atomic E-state index is 0.364. The van der Waals surface area contributed by atoms with Gasteiger partial charge in [0.1, 0.15) is 18.2 Å². The smallest absolute Gasteiger partial charge is 0.254 e. The summed E-state index contributed by atoms with van der Waals surface area (Å²) in [4.78, 5) is 8.26. The predicted molar refractivity (Wildman–Crippen MR) is 78.2 cm³/mol. The summed E-state index contributed by atoms with van der Waals surface area (Å²) in [5.41, 5.74) is 7.96. The number of anilines is 1. The van der Waals surface area contributed by atoms with Gasteiger partial charge in [-0.25, -0.2) is 4.98 Å². The summed E-state index contributed by atoms with van der Waals surface area (Å²) in [7, 11) is 0. The van der Waals surface area contributed by atoms with Gasteiger partial charge in [-0.1, -0.05) is 42.2 Å². The van der Waals surface area contributed by atoms with Crippen molar-refractivity contribution in [3.05, 3.63) is 53.5 Å². The lowest BCUT2D eigenvalue weighted by atomic mass is 10.1. The molecule has 0 amide bonds. The molecule has 0 aliphatic carbocycles. The summed E-state index contributed by atoms with van der Waals surface area (Å²) in [6.45, 7) is 1.80. The second-order valence-electron chi connectivity index (χ2n) is 4.51. The Morgan fingerprint density at radius 1 is 1.29 bits per heavy atom. The van der Waals surface area contributed by atoms with Crippen molar-refractivity contribution < 1.29 is 5.11 Å². The number of benzene rings is 1. The van der Waals surface area contributed by atoms with Gasteiger partial charge in [-0.2, -0.15) is 14.6 Å². The van der Waals surface area contributed by atoms with E-state index < -0.39 is 6.10 Å². The molecule has 104 valence electrons. The molecule has 3 aromatic rings. The first-order valence-corrected chi connectivity index (χ1v) is 6.37. The molecule has 6 nitrogen and oxygen atoms in total. The zero-order valence-electron chi connectivity index (χ0n) is 11.4. The summed E-state index contributed by atoms with van der Waals surface area (Å²) in [6.07, 6.45) is 0.505. The van der Waals surface area contributed by atoms with Gasteiger partial charge in [0.25, 0.3) is 5.78 Å².